The Kier molecular flexibility index (Phi) is 8.29. The first kappa shape index (κ1) is 37.5. The summed E-state index contributed by atoms with van der Waals surface area (Å²) in [6.45, 7) is 2.39. The van der Waals surface area contributed by atoms with Crippen molar-refractivity contribution in [2.24, 2.45) is 15.9 Å². The van der Waals surface area contributed by atoms with Gasteiger partial charge in [0.15, 0.2) is 5.84 Å². The molecule has 1 aliphatic rings. The predicted molar refractivity (Wildman–Crippen MR) is 281 cm³/mol. The smallest absolute Gasteiger partial charge is 0.155 e. The van der Waals surface area contributed by atoms with Crippen LogP contribution in [0.15, 0.2) is 209 Å². The monoisotopic (exact) mass is 863 g/mol. The highest BCUT2D eigenvalue weighted by atomic mass is 32.1. The maximum Gasteiger partial charge on any atom is 0.155 e. The molecule has 4 nitrogen and oxygen atoms in total. The van der Waals surface area contributed by atoms with Gasteiger partial charge in [-0.25, -0.2) is 4.99 Å². The zero-order valence-electron chi connectivity index (χ0n) is 36.2. The van der Waals surface area contributed by atoms with E-state index in [9.17, 15) is 0 Å². The minimum absolute atomic E-state index is 0.165. The van der Waals surface area contributed by atoms with Gasteiger partial charge in [-0.3, -0.25) is 4.99 Å². The Morgan fingerprint density at radius 2 is 1.23 bits per heavy atom. The van der Waals surface area contributed by atoms with Gasteiger partial charge in [0.2, 0.25) is 0 Å². The number of para-hydroxylation sites is 1. The summed E-state index contributed by atoms with van der Waals surface area (Å²) in [6.07, 6.45) is 1.71. The summed E-state index contributed by atoms with van der Waals surface area (Å²) in [5.74, 6) is 0.943. The summed E-state index contributed by atoms with van der Waals surface area (Å²) in [7, 11) is 0. The Labute approximate surface area is 384 Å². The van der Waals surface area contributed by atoms with Crippen LogP contribution in [-0.2, 0) is 0 Å². The molecule has 2 atom stereocenters. The average Bonchev–Trinajstić information content (AvgIpc) is 4.04. The highest BCUT2D eigenvalue weighted by Crippen LogP contribution is 2.46. The fourth-order valence-corrected chi connectivity index (χ4v) is 12.2. The molecule has 3 aromatic heterocycles. The number of hydrogen-bond donors (Lipinski definition) is 0. The third-order valence-corrected chi connectivity index (χ3v) is 15.3. The minimum atomic E-state index is -0.165. The highest BCUT2D eigenvalue weighted by Gasteiger charge is 2.28. The second-order valence-electron chi connectivity index (χ2n) is 18.1. The van der Waals surface area contributed by atoms with Crippen molar-refractivity contribution in [2.45, 2.75) is 25.8 Å². The van der Waals surface area contributed by atoms with E-state index in [0.717, 1.165) is 57.5 Å². The lowest BCUT2D eigenvalue weighted by molar-refractivity contribution is 0.446. The number of aliphatic imine (C=N–C) groups is 2. The molecule has 4 heterocycles. The van der Waals surface area contributed by atoms with Crippen molar-refractivity contribution in [3.05, 3.63) is 211 Å². The molecule has 10 aromatic carbocycles. The predicted octanol–water partition coefficient (Wildman–Crippen LogP) is 16.9. The Bertz CT molecular complexity index is 4220. The van der Waals surface area contributed by atoms with Crippen LogP contribution in [0.3, 0.4) is 0 Å². The molecular formula is C61H41N3OS. The van der Waals surface area contributed by atoms with E-state index in [2.05, 4.69) is 200 Å². The van der Waals surface area contributed by atoms with E-state index in [1.165, 1.54) is 85.5 Å². The van der Waals surface area contributed by atoms with Crippen LogP contribution in [-0.4, -0.2) is 16.1 Å². The van der Waals surface area contributed by atoms with Gasteiger partial charge in [-0.05, 0) is 99.8 Å². The molecular weight excluding hydrogens is 823 g/mol. The van der Waals surface area contributed by atoms with Gasteiger partial charge in [0.25, 0.3) is 0 Å². The molecule has 13 aromatic rings. The molecule has 0 spiro atoms. The van der Waals surface area contributed by atoms with E-state index in [-0.39, 0.29) is 12.0 Å². The molecule has 0 saturated heterocycles. The molecule has 5 heteroatoms. The molecule has 0 saturated carbocycles. The first-order valence-corrected chi connectivity index (χ1v) is 23.8. The molecule has 0 aliphatic carbocycles. The zero-order valence-corrected chi connectivity index (χ0v) is 37.0. The van der Waals surface area contributed by atoms with Crippen molar-refractivity contribution >= 4 is 119 Å². The normalized spacial score (nSPS) is 16.0. The SMILES string of the molecule is C[C@@H]1CCC(c2cccc3oc4ccccc4c23)=NC(c2ccc3ccccc3c2)=NC1c1cc(-n2c3cc4ccccc4cc3c3ccc4ccccc4c32)c2c(c1)sc1ccccc12. The number of thiophene rings is 1. The van der Waals surface area contributed by atoms with Crippen LogP contribution < -0.4 is 0 Å². The quantitative estimate of drug-likeness (QED) is 0.174. The highest BCUT2D eigenvalue weighted by molar-refractivity contribution is 7.25. The third-order valence-electron chi connectivity index (χ3n) is 14.2. The van der Waals surface area contributed by atoms with E-state index < -0.39 is 0 Å². The van der Waals surface area contributed by atoms with Crippen molar-refractivity contribution in [1.82, 2.24) is 4.57 Å². The molecule has 66 heavy (non-hydrogen) atoms. The van der Waals surface area contributed by atoms with Crippen LogP contribution in [0.25, 0.3) is 102 Å². The Hall–Kier alpha value is -7.86. The van der Waals surface area contributed by atoms with E-state index in [0.29, 0.717) is 0 Å². The van der Waals surface area contributed by atoms with Crippen LogP contribution in [0, 0.1) is 5.92 Å². The number of fused-ring (bicyclic) bond motifs is 13. The summed E-state index contributed by atoms with van der Waals surface area (Å²) in [5, 5.41) is 14.6. The fraction of sp³-hybridized carbons (Fsp3) is 0.0820. The van der Waals surface area contributed by atoms with Crippen LogP contribution in [0.1, 0.15) is 42.5 Å². The lowest BCUT2D eigenvalue weighted by Gasteiger charge is -2.26. The lowest BCUT2D eigenvalue weighted by atomic mass is 9.87. The zero-order chi connectivity index (χ0) is 43.5. The first-order chi connectivity index (χ1) is 32.6. The Morgan fingerprint density at radius 3 is 2.09 bits per heavy atom. The van der Waals surface area contributed by atoms with E-state index in [1.807, 2.05) is 17.4 Å². The van der Waals surface area contributed by atoms with E-state index in [4.69, 9.17) is 14.4 Å². The third kappa shape index (κ3) is 5.76. The van der Waals surface area contributed by atoms with Crippen molar-refractivity contribution < 1.29 is 4.42 Å². The molecule has 0 bridgehead atoms. The minimum Gasteiger partial charge on any atom is -0.456 e. The number of hydrogen-bond acceptors (Lipinski definition) is 4. The molecule has 0 radical (unpaired) electrons. The standard InChI is InChI=1S/C61H41N3OS/c1-36-25-30-50(46-21-12-23-54-57(46)47-19-8-10-22-53(47)65-54)62-61(42-27-26-37-13-2-3-15-39(37)31-42)63-59(36)43-34-52(58-48-20-9-11-24-55(48)66-56(58)35-43)64-51-33-41-17-5-4-16-40(41)32-49(51)45-29-28-38-14-6-7-18-44(38)60(45)64/h2-24,26-29,31-36,59H,25,30H2,1H3/t36-,59?/m1/s1. The van der Waals surface area contributed by atoms with E-state index >= 15 is 0 Å². The van der Waals surface area contributed by atoms with Gasteiger partial charge in [-0.2, -0.15) is 0 Å². The summed E-state index contributed by atoms with van der Waals surface area (Å²) in [6, 6.07) is 70.7. The second-order valence-corrected chi connectivity index (χ2v) is 19.1. The summed E-state index contributed by atoms with van der Waals surface area (Å²) in [5.41, 5.74) is 9.75. The molecule has 0 N–H and O–H groups in total. The van der Waals surface area contributed by atoms with Gasteiger partial charge < -0.3 is 8.98 Å². The van der Waals surface area contributed by atoms with Crippen molar-refractivity contribution in [2.75, 3.05) is 0 Å². The van der Waals surface area contributed by atoms with Crippen molar-refractivity contribution in [1.29, 1.82) is 0 Å². The first-order valence-electron chi connectivity index (χ1n) is 23.0. The number of furan rings is 1. The molecule has 0 fully saturated rings. The Morgan fingerprint density at radius 1 is 0.530 bits per heavy atom. The van der Waals surface area contributed by atoms with Gasteiger partial charge in [-0.15, -0.1) is 11.3 Å². The topological polar surface area (TPSA) is 42.8 Å². The van der Waals surface area contributed by atoms with Crippen molar-refractivity contribution in [3.8, 4) is 5.69 Å². The van der Waals surface area contributed by atoms with Crippen LogP contribution in [0.2, 0.25) is 0 Å². The fourth-order valence-electron chi connectivity index (χ4n) is 11.0. The summed E-state index contributed by atoms with van der Waals surface area (Å²) >= 11 is 1.88. The number of amidine groups is 1. The maximum atomic E-state index is 6.41. The number of rotatable bonds is 4. The van der Waals surface area contributed by atoms with Gasteiger partial charge in [-0.1, -0.05) is 153 Å². The summed E-state index contributed by atoms with van der Waals surface area (Å²) < 4.78 is 11.5. The van der Waals surface area contributed by atoms with Gasteiger partial charge in [0.05, 0.1) is 28.5 Å². The number of nitrogens with zero attached hydrogens (tertiary/aromatic N) is 3. The van der Waals surface area contributed by atoms with Crippen LogP contribution in [0.4, 0.5) is 0 Å². The lowest BCUT2D eigenvalue weighted by Crippen LogP contribution is -2.18. The van der Waals surface area contributed by atoms with Crippen LogP contribution in [0.5, 0.6) is 0 Å². The maximum absolute atomic E-state index is 6.41. The molecule has 1 aliphatic heterocycles. The average molecular weight is 864 g/mol. The van der Waals surface area contributed by atoms with Crippen molar-refractivity contribution in [3.63, 3.8) is 0 Å². The van der Waals surface area contributed by atoms with Gasteiger partial charge in [0.1, 0.15) is 11.2 Å². The molecule has 14 rings (SSSR count). The van der Waals surface area contributed by atoms with Crippen LogP contribution >= 0.6 is 11.3 Å². The number of benzene rings is 10. The van der Waals surface area contributed by atoms with Gasteiger partial charge >= 0.3 is 0 Å². The van der Waals surface area contributed by atoms with E-state index in [1.54, 1.807) is 0 Å². The van der Waals surface area contributed by atoms with Gasteiger partial charge in [0, 0.05) is 58.2 Å². The Balaban J connectivity index is 1.06. The second kappa shape index (κ2) is 14.6. The molecule has 312 valence electrons. The molecule has 1 unspecified atom stereocenters. The largest absolute Gasteiger partial charge is 0.456 e. The number of aromatic nitrogens is 1. The summed E-state index contributed by atoms with van der Waals surface area (Å²) in [4.78, 5) is 11.5. The molecule has 0 amide bonds.